The van der Waals surface area contributed by atoms with E-state index in [1.54, 1.807) is 10.8 Å². The normalized spacial score (nSPS) is 9.06. The number of primary amides is 1. The molecule has 0 saturated heterocycles. The second-order valence-electron chi connectivity index (χ2n) is 1.91. The van der Waals surface area contributed by atoms with Crippen LogP contribution in [0, 0.1) is 0 Å². The molecular formula is C11H22N2OS2. The second-order valence-corrected chi connectivity index (χ2v) is 4.34. The van der Waals surface area contributed by atoms with Crippen molar-refractivity contribution in [1.29, 1.82) is 0 Å². The van der Waals surface area contributed by atoms with Gasteiger partial charge in [-0.3, -0.25) is 9.79 Å². The Morgan fingerprint density at radius 3 is 2.25 bits per heavy atom. The number of hydrogen-bond acceptors (Lipinski definition) is 4. The lowest BCUT2D eigenvalue weighted by Crippen LogP contribution is -2.10. The van der Waals surface area contributed by atoms with Crippen LogP contribution in [0.1, 0.15) is 27.2 Å². The van der Waals surface area contributed by atoms with Gasteiger partial charge < -0.3 is 5.73 Å². The van der Waals surface area contributed by atoms with Crippen LogP contribution < -0.4 is 5.73 Å². The van der Waals surface area contributed by atoms with E-state index < -0.39 is 0 Å². The first kappa shape index (κ1) is 20.7. The highest BCUT2D eigenvalue weighted by Gasteiger charge is 1.96. The van der Waals surface area contributed by atoms with Gasteiger partial charge in [0.2, 0.25) is 5.91 Å². The topological polar surface area (TPSA) is 55.4 Å². The molecule has 0 saturated carbocycles. The Balaban J connectivity index is -0.000000376. The molecule has 0 bridgehead atoms. The summed E-state index contributed by atoms with van der Waals surface area (Å²) in [6.07, 6.45) is 2.28. The minimum atomic E-state index is -0.267. The molecule has 16 heavy (non-hydrogen) atoms. The minimum Gasteiger partial charge on any atom is -0.370 e. The van der Waals surface area contributed by atoms with Crippen LogP contribution in [0.3, 0.4) is 0 Å². The predicted octanol–water partition coefficient (Wildman–Crippen LogP) is 3.63. The zero-order valence-corrected chi connectivity index (χ0v) is 12.0. The highest BCUT2D eigenvalue weighted by Crippen LogP contribution is 2.30. The number of aliphatic imine (C=N–C) groups is 1. The fourth-order valence-electron chi connectivity index (χ4n) is 0.410. The van der Waals surface area contributed by atoms with Crippen molar-refractivity contribution in [3.63, 3.8) is 0 Å². The van der Waals surface area contributed by atoms with E-state index in [9.17, 15) is 4.79 Å². The molecule has 0 aromatic heterocycles. The molecule has 2 N–H and O–H groups in total. The lowest BCUT2D eigenvalue weighted by molar-refractivity contribution is -0.117. The summed E-state index contributed by atoms with van der Waals surface area (Å²) in [5.41, 5.74) is 4.96. The van der Waals surface area contributed by atoms with E-state index in [1.165, 1.54) is 10.8 Å². The lowest BCUT2D eigenvalue weighted by atomic mass is 10.5. The quantitative estimate of drug-likeness (QED) is 0.344. The molecular weight excluding hydrogens is 240 g/mol. The van der Waals surface area contributed by atoms with Gasteiger partial charge in [0.05, 0.1) is 0 Å². The van der Waals surface area contributed by atoms with Crippen LogP contribution in [-0.4, -0.2) is 18.4 Å². The number of hydrogen-bond donors (Lipinski definition) is 1. The van der Waals surface area contributed by atoms with Gasteiger partial charge in [0.1, 0.15) is 5.03 Å². The summed E-state index contributed by atoms with van der Waals surface area (Å²) in [6.45, 7) is 15.3. The van der Waals surface area contributed by atoms with Gasteiger partial charge in [-0.1, -0.05) is 30.7 Å². The number of nitrogens with zero attached hydrogens (tertiary/aromatic N) is 1. The maximum Gasteiger partial charge on any atom is 0.218 e. The van der Waals surface area contributed by atoms with Crippen LogP contribution in [-0.2, 0) is 4.79 Å². The van der Waals surface area contributed by atoms with Crippen LogP contribution in [0.2, 0.25) is 0 Å². The Kier molecular flexibility index (Phi) is 25.6. The van der Waals surface area contributed by atoms with E-state index in [4.69, 9.17) is 5.73 Å². The molecule has 0 spiro atoms. The monoisotopic (exact) mass is 262 g/mol. The molecule has 0 heterocycles. The summed E-state index contributed by atoms with van der Waals surface area (Å²) in [5.74, 6) is 0.448. The van der Waals surface area contributed by atoms with E-state index >= 15 is 0 Å². The fourth-order valence-corrected chi connectivity index (χ4v) is 2.36. The van der Waals surface area contributed by atoms with Crippen molar-refractivity contribution in [1.82, 2.24) is 0 Å². The van der Waals surface area contributed by atoms with Crippen LogP contribution in [0.4, 0.5) is 0 Å². The summed E-state index contributed by atoms with van der Waals surface area (Å²) in [5, 5.41) is 0.865. The Bertz CT molecular complexity index is 206. The summed E-state index contributed by atoms with van der Waals surface area (Å²) in [4.78, 5) is 14.1. The van der Waals surface area contributed by atoms with Crippen LogP contribution in [0.15, 0.2) is 29.3 Å². The van der Waals surface area contributed by atoms with Crippen molar-refractivity contribution in [3.8, 4) is 0 Å². The van der Waals surface area contributed by atoms with Crippen molar-refractivity contribution in [2.75, 3.05) is 5.75 Å². The number of carbonyl (C=O) groups is 1. The van der Waals surface area contributed by atoms with Gasteiger partial charge in [-0.25, -0.2) is 0 Å². The van der Waals surface area contributed by atoms with E-state index in [0.717, 1.165) is 5.03 Å². The molecule has 0 rings (SSSR count). The molecule has 0 radical (unpaired) electrons. The summed E-state index contributed by atoms with van der Waals surface area (Å²) in [7, 11) is 3.06. The SMILES string of the molecule is C=C.C=N/C(=C\C)SSCCC(N)=O.CC. The van der Waals surface area contributed by atoms with E-state index in [-0.39, 0.29) is 5.91 Å². The standard InChI is InChI=1S/C7H12N2OS2.C2H6.C2H4/c1-3-7(9-2)12-11-5-4-6(8)10;2*1-2/h3H,2,4-5H2,1H3,(H2,8,10);1-2H3;1-2H2/b7-3+;;. The molecule has 0 unspecified atom stereocenters. The Morgan fingerprint density at radius 2 is 1.94 bits per heavy atom. The first-order valence-electron chi connectivity index (χ1n) is 4.91. The number of amides is 1. The van der Waals surface area contributed by atoms with Gasteiger partial charge in [0.15, 0.2) is 0 Å². The first-order chi connectivity index (χ1) is 7.70. The summed E-state index contributed by atoms with van der Waals surface area (Å²) in [6, 6.07) is 0. The Morgan fingerprint density at radius 1 is 1.44 bits per heavy atom. The third kappa shape index (κ3) is 19.0. The average molecular weight is 262 g/mol. The van der Waals surface area contributed by atoms with Crippen LogP contribution in [0.25, 0.3) is 0 Å². The number of rotatable bonds is 6. The molecule has 0 atom stereocenters. The maximum atomic E-state index is 10.3. The molecule has 1 amide bonds. The second kappa shape index (κ2) is 19.8. The molecule has 0 aliphatic carbocycles. The van der Waals surface area contributed by atoms with Crippen molar-refractivity contribution in [2.24, 2.45) is 10.7 Å². The smallest absolute Gasteiger partial charge is 0.218 e. The highest BCUT2D eigenvalue weighted by molar-refractivity contribution is 8.78. The molecule has 5 heteroatoms. The summed E-state index contributed by atoms with van der Waals surface area (Å²) >= 11 is 0. The Hall–Kier alpha value is -0.680. The average Bonchev–Trinajstić information content (AvgIpc) is 2.34. The lowest BCUT2D eigenvalue weighted by Gasteiger charge is -1.97. The van der Waals surface area contributed by atoms with Crippen molar-refractivity contribution in [2.45, 2.75) is 27.2 Å². The van der Waals surface area contributed by atoms with Crippen molar-refractivity contribution >= 4 is 34.2 Å². The largest absolute Gasteiger partial charge is 0.370 e. The predicted molar refractivity (Wildman–Crippen MR) is 79.8 cm³/mol. The van der Waals surface area contributed by atoms with Crippen molar-refractivity contribution in [3.05, 3.63) is 24.3 Å². The van der Waals surface area contributed by atoms with Gasteiger partial charge in [-0.15, -0.1) is 13.2 Å². The van der Waals surface area contributed by atoms with E-state index in [0.29, 0.717) is 12.2 Å². The first-order valence-corrected chi connectivity index (χ1v) is 7.23. The van der Waals surface area contributed by atoms with Gasteiger partial charge in [-0.2, -0.15) is 0 Å². The number of allylic oxidation sites excluding steroid dienone is 1. The van der Waals surface area contributed by atoms with Gasteiger partial charge >= 0.3 is 0 Å². The van der Waals surface area contributed by atoms with Crippen LogP contribution >= 0.6 is 21.6 Å². The molecule has 0 aliphatic heterocycles. The highest BCUT2D eigenvalue weighted by atomic mass is 33.1. The van der Waals surface area contributed by atoms with E-state index in [1.807, 2.05) is 26.8 Å². The molecule has 3 nitrogen and oxygen atoms in total. The van der Waals surface area contributed by atoms with Gasteiger partial charge in [-0.05, 0) is 24.4 Å². The summed E-state index contributed by atoms with van der Waals surface area (Å²) < 4.78 is 0. The van der Waals surface area contributed by atoms with E-state index in [2.05, 4.69) is 24.9 Å². The fraction of sp³-hybridized carbons (Fsp3) is 0.455. The molecule has 0 aromatic rings. The van der Waals surface area contributed by atoms with Gasteiger partial charge in [0.25, 0.3) is 0 Å². The molecule has 0 aromatic carbocycles. The third-order valence-electron chi connectivity index (χ3n) is 0.979. The van der Waals surface area contributed by atoms with Crippen molar-refractivity contribution < 1.29 is 4.79 Å². The maximum absolute atomic E-state index is 10.3. The Labute approximate surface area is 107 Å². The van der Waals surface area contributed by atoms with Crippen LogP contribution in [0.5, 0.6) is 0 Å². The number of nitrogens with two attached hydrogens (primary N) is 1. The number of carbonyl (C=O) groups excluding carboxylic acids is 1. The molecule has 0 fully saturated rings. The zero-order chi connectivity index (χ0) is 13.4. The minimum absolute atomic E-state index is 0.267. The molecule has 94 valence electrons. The third-order valence-corrected chi connectivity index (χ3v) is 3.37. The zero-order valence-electron chi connectivity index (χ0n) is 10.4. The van der Waals surface area contributed by atoms with Gasteiger partial charge in [0, 0.05) is 12.2 Å². The molecule has 0 aliphatic rings.